The maximum Gasteiger partial charge on any atom is 0.126 e. The van der Waals surface area contributed by atoms with Gasteiger partial charge in [-0.1, -0.05) is 13.3 Å². The van der Waals surface area contributed by atoms with Gasteiger partial charge in [-0.15, -0.1) is 0 Å². The highest BCUT2D eigenvalue weighted by Gasteiger charge is 2.23. The number of hydrogen-bond donors (Lipinski definition) is 1. The van der Waals surface area contributed by atoms with Crippen LogP contribution in [0.5, 0.6) is 0 Å². The van der Waals surface area contributed by atoms with E-state index in [1.54, 1.807) is 0 Å². The second-order valence-corrected chi connectivity index (χ2v) is 7.54. The SMILES string of the molecule is CCCC(NS(=O)C(C)(C)C)c1cc(F)cc(F)c1. The summed E-state index contributed by atoms with van der Waals surface area (Å²) in [6.07, 6.45) is 1.50. The summed E-state index contributed by atoms with van der Waals surface area (Å²) in [4.78, 5) is 0. The van der Waals surface area contributed by atoms with Crippen molar-refractivity contribution in [2.75, 3.05) is 0 Å². The molecule has 0 spiro atoms. The van der Waals surface area contributed by atoms with E-state index >= 15 is 0 Å². The molecule has 2 nitrogen and oxygen atoms in total. The minimum atomic E-state index is -1.28. The fraction of sp³-hybridized carbons (Fsp3) is 0.571. The van der Waals surface area contributed by atoms with Crippen molar-refractivity contribution >= 4 is 11.0 Å². The molecule has 1 rings (SSSR count). The molecule has 0 saturated carbocycles. The molecule has 19 heavy (non-hydrogen) atoms. The summed E-state index contributed by atoms with van der Waals surface area (Å²) >= 11 is 0. The second kappa shape index (κ2) is 6.57. The Morgan fingerprint density at radius 3 is 2.16 bits per heavy atom. The van der Waals surface area contributed by atoms with Gasteiger partial charge in [0.15, 0.2) is 0 Å². The van der Waals surface area contributed by atoms with Gasteiger partial charge in [-0.25, -0.2) is 17.7 Å². The predicted molar refractivity (Wildman–Crippen MR) is 75.0 cm³/mol. The standard InChI is InChI=1S/C14H21F2NOS/c1-5-6-13(17-19(18)14(2,3)4)10-7-11(15)9-12(16)8-10/h7-9,13,17H,5-6H2,1-4H3. The normalized spacial score (nSPS) is 15.3. The van der Waals surface area contributed by atoms with Gasteiger partial charge in [0.25, 0.3) is 0 Å². The van der Waals surface area contributed by atoms with E-state index in [9.17, 15) is 13.0 Å². The topological polar surface area (TPSA) is 29.1 Å². The van der Waals surface area contributed by atoms with E-state index < -0.39 is 27.4 Å². The van der Waals surface area contributed by atoms with Crippen LogP contribution in [0.4, 0.5) is 8.78 Å². The third kappa shape index (κ3) is 4.99. The van der Waals surface area contributed by atoms with Gasteiger partial charge in [-0.2, -0.15) is 0 Å². The van der Waals surface area contributed by atoms with Crippen molar-refractivity contribution < 1.29 is 13.0 Å². The van der Waals surface area contributed by atoms with Crippen LogP contribution in [0.25, 0.3) is 0 Å². The first-order valence-corrected chi connectivity index (χ1v) is 7.53. The van der Waals surface area contributed by atoms with Gasteiger partial charge in [-0.3, -0.25) is 0 Å². The lowest BCUT2D eigenvalue weighted by Crippen LogP contribution is -2.35. The molecule has 0 heterocycles. The lowest BCUT2D eigenvalue weighted by Gasteiger charge is -2.24. The Morgan fingerprint density at radius 1 is 1.21 bits per heavy atom. The lowest BCUT2D eigenvalue weighted by atomic mass is 10.0. The zero-order valence-electron chi connectivity index (χ0n) is 11.8. The molecular formula is C14H21F2NOS. The van der Waals surface area contributed by atoms with Gasteiger partial charge in [0, 0.05) is 12.1 Å². The average molecular weight is 289 g/mol. The highest BCUT2D eigenvalue weighted by Crippen LogP contribution is 2.23. The minimum Gasteiger partial charge on any atom is -0.242 e. The molecule has 0 aliphatic rings. The van der Waals surface area contributed by atoms with E-state index in [0.717, 1.165) is 12.5 Å². The van der Waals surface area contributed by atoms with E-state index in [0.29, 0.717) is 12.0 Å². The van der Waals surface area contributed by atoms with Gasteiger partial charge in [0.05, 0.1) is 15.7 Å². The molecule has 0 bridgehead atoms. The molecule has 0 aliphatic heterocycles. The van der Waals surface area contributed by atoms with Gasteiger partial charge in [-0.05, 0) is 44.9 Å². The monoisotopic (exact) mass is 289 g/mol. The molecule has 108 valence electrons. The number of hydrogen-bond acceptors (Lipinski definition) is 1. The van der Waals surface area contributed by atoms with Crippen molar-refractivity contribution in [2.24, 2.45) is 0 Å². The lowest BCUT2D eigenvalue weighted by molar-refractivity contribution is 0.542. The Bertz CT molecular complexity index is 437. The molecule has 1 N–H and O–H groups in total. The Kier molecular flexibility index (Phi) is 5.62. The molecule has 0 aromatic heterocycles. The Balaban J connectivity index is 2.97. The maximum absolute atomic E-state index is 13.3. The summed E-state index contributed by atoms with van der Waals surface area (Å²) < 4.78 is 41.2. The van der Waals surface area contributed by atoms with Gasteiger partial charge in [0.2, 0.25) is 0 Å². The fourth-order valence-corrected chi connectivity index (χ4v) is 2.53. The van der Waals surface area contributed by atoms with E-state index in [2.05, 4.69) is 4.72 Å². The van der Waals surface area contributed by atoms with E-state index in [1.165, 1.54) is 12.1 Å². The minimum absolute atomic E-state index is 0.310. The molecule has 2 atom stereocenters. The van der Waals surface area contributed by atoms with Crippen LogP contribution >= 0.6 is 0 Å². The largest absolute Gasteiger partial charge is 0.242 e. The number of benzene rings is 1. The van der Waals surface area contributed by atoms with E-state index in [4.69, 9.17) is 0 Å². The first kappa shape index (κ1) is 16.2. The van der Waals surface area contributed by atoms with Crippen LogP contribution < -0.4 is 4.72 Å². The number of nitrogens with one attached hydrogen (secondary N) is 1. The first-order chi connectivity index (χ1) is 8.74. The molecule has 1 aromatic rings. The van der Waals surface area contributed by atoms with E-state index in [-0.39, 0.29) is 6.04 Å². The van der Waals surface area contributed by atoms with Crippen LogP contribution in [0.1, 0.15) is 52.1 Å². The van der Waals surface area contributed by atoms with Gasteiger partial charge >= 0.3 is 0 Å². The maximum atomic E-state index is 13.3. The van der Waals surface area contributed by atoms with Crippen LogP contribution in [0.15, 0.2) is 18.2 Å². The molecule has 0 amide bonds. The number of halogens is 2. The second-order valence-electron chi connectivity index (χ2n) is 5.54. The van der Waals surface area contributed by atoms with E-state index in [1.807, 2.05) is 27.7 Å². The fourth-order valence-electron chi connectivity index (χ4n) is 1.66. The molecule has 0 saturated heterocycles. The summed E-state index contributed by atoms with van der Waals surface area (Å²) in [6.45, 7) is 7.53. The molecule has 2 unspecified atom stereocenters. The van der Waals surface area contributed by atoms with Gasteiger partial charge in [0.1, 0.15) is 11.6 Å². The number of rotatable bonds is 5. The quantitative estimate of drug-likeness (QED) is 0.876. The Morgan fingerprint density at radius 2 is 1.74 bits per heavy atom. The van der Waals surface area contributed by atoms with Crippen LogP contribution in [-0.4, -0.2) is 8.96 Å². The smallest absolute Gasteiger partial charge is 0.126 e. The van der Waals surface area contributed by atoms with Crippen molar-refractivity contribution in [3.8, 4) is 0 Å². The molecular weight excluding hydrogens is 268 g/mol. The summed E-state index contributed by atoms with van der Waals surface area (Å²) in [5.41, 5.74) is 0.497. The van der Waals surface area contributed by atoms with Crippen molar-refractivity contribution in [3.63, 3.8) is 0 Å². The highest BCUT2D eigenvalue weighted by molar-refractivity contribution is 7.84. The van der Waals surface area contributed by atoms with Crippen molar-refractivity contribution in [1.29, 1.82) is 0 Å². The molecule has 5 heteroatoms. The third-order valence-electron chi connectivity index (χ3n) is 2.67. The van der Waals surface area contributed by atoms with Crippen molar-refractivity contribution in [1.82, 2.24) is 4.72 Å². The first-order valence-electron chi connectivity index (χ1n) is 6.38. The van der Waals surface area contributed by atoms with Crippen LogP contribution in [-0.2, 0) is 11.0 Å². The molecule has 0 radical (unpaired) electrons. The summed E-state index contributed by atoms with van der Waals surface area (Å²) in [7, 11) is -1.28. The predicted octanol–water partition coefficient (Wildman–Crippen LogP) is 3.86. The zero-order valence-corrected chi connectivity index (χ0v) is 12.6. The molecule has 1 aromatic carbocycles. The van der Waals surface area contributed by atoms with Gasteiger partial charge < -0.3 is 0 Å². The van der Waals surface area contributed by atoms with Crippen LogP contribution in [0, 0.1) is 11.6 Å². The van der Waals surface area contributed by atoms with Crippen LogP contribution in [0.2, 0.25) is 0 Å². The summed E-state index contributed by atoms with van der Waals surface area (Å²) in [6, 6.07) is 3.11. The Labute approximate surface area is 116 Å². The van der Waals surface area contributed by atoms with Crippen LogP contribution in [0.3, 0.4) is 0 Å². The summed E-state index contributed by atoms with van der Waals surface area (Å²) in [5.74, 6) is -1.22. The van der Waals surface area contributed by atoms with Crippen molar-refractivity contribution in [2.45, 2.75) is 51.3 Å². The molecule has 0 fully saturated rings. The van der Waals surface area contributed by atoms with Crippen molar-refractivity contribution in [3.05, 3.63) is 35.4 Å². The molecule has 0 aliphatic carbocycles. The third-order valence-corrected chi connectivity index (χ3v) is 4.28. The zero-order chi connectivity index (χ0) is 14.6. The highest BCUT2D eigenvalue weighted by atomic mass is 32.2. The average Bonchev–Trinajstić information content (AvgIpc) is 2.25. The summed E-state index contributed by atoms with van der Waals surface area (Å²) in [5, 5.41) is 0. The Hall–Kier alpha value is -0.810.